The third kappa shape index (κ3) is 1.30. The van der Waals surface area contributed by atoms with Crippen LogP contribution >= 0.6 is 11.8 Å². The molecule has 2 aliphatic rings. The van der Waals surface area contributed by atoms with Crippen LogP contribution in [0.3, 0.4) is 0 Å². The second-order valence-corrected chi connectivity index (χ2v) is 5.11. The Morgan fingerprint density at radius 3 is 2.64 bits per heavy atom. The predicted octanol–water partition coefficient (Wildman–Crippen LogP) is 0.734. The van der Waals surface area contributed by atoms with Crippen LogP contribution in [0, 0.1) is 0 Å². The van der Waals surface area contributed by atoms with Gasteiger partial charge in [-0.25, -0.2) is 0 Å². The maximum atomic E-state index is 9.15. The molecule has 0 bridgehead atoms. The van der Waals surface area contributed by atoms with Gasteiger partial charge in [0.05, 0.1) is 6.10 Å². The van der Waals surface area contributed by atoms with Gasteiger partial charge in [0.1, 0.15) is 0 Å². The molecule has 2 rings (SSSR count). The van der Waals surface area contributed by atoms with Crippen LogP contribution in [0.2, 0.25) is 0 Å². The summed E-state index contributed by atoms with van der Waals surface area (Å²) in [7, 11) is 0. The average Bonchev–Trinajstić information content (AvgIpc) is 2.34. The summed E-state index contributed by atoms with van der Waals surface area (Å²) in [4.78, 5) is 0. The van der Waals surface area contributed by atoms with E-state index in [2.05, 4.69) is 0 Å². The summed E-state index contributed by atoms with van der Waals surface area (Å²) in [5.41, 5.74) is 6.10. The molecule has 1 unspecified atom stereocenters. The molecular formula is C8H15NOS. The zero-order chi connectivity index (χ0) is 7.90. The summed E-state index contributed by atoms with van der Waals surface area (Å²) in [5.74, 6) is 1.26. The highest BCUT2D eigenvalue weighted by Gasteiger charge is 2.47. The van der Waals surface area contributed by atoms with Crippen molar-refractivity contribution in [2.45, 2.75) is 42.6 Å². The Labute approximate surface area is 71.5 Å². The molecule has 1 aliphatic heterocycles. The van der Waals surface area contributed by atoms with Crippen molar-refractivity contribution in [2.75, 3.05) is 5.75 Å². The number of aliphatic hydroxyl groups excluding tert-OH is 1. The molecule has 0 radical (unpaired) electrons. The topological polar surface area (TPSA) is 46.2 Å². The molecule has 1 atom stereocenters. The molecule has 1 saturated carbocycles. The van der Waals surface area contributed by atoms with Gasteiger partial charge in [0.15, 0.2) is 0 Å². The van der Waals surface area contributed by atoms with Gasteiger partial charge in [-0.2, -0.15) is 11.8 Å². The Kier molecular flexibility index (Phi) is 1.90. The molecule has 11 heavy (non-hydrogen) atoms. The first-order chi connectivity index (χ1) is 5.21. The number of rotatable bonds is 1. The predicted molar refractivity (Wildman–Crippen MR) is 47.6 cm³/mol. The molecule has 64 valence electrons. The van der Waals surface area contributed by atoms with Crippen LogP contribution in [-0.4, -0.2) is 27.8 Å². The monoisotopic (exact) mass is 173 g/mol. The molecule has 2 nitrogen and oxygen atoms in total. The van der Waals surface area contributed by atoms with Crippen LogP contribution in [-0.2, 0) is 0 Å². The normalized spacial score (nSPS) is 50.7. The highest BCUT2D eigenvalue weighted by molar-refractivity contribution is 8.00. The number of hydrogen-bond donors (Lipinski definition) is 2. The van der Waals surface area contributed by atoms with Crippen molar-refractivity contribution in [3.05, 3.63) is 0 Å². The minimum atomic E-state index is -0.110. The van der Waals surface area contributed by atoms with E-state index in [9.17, 15) is 0 Å². The zero-order valence-corrected chi connectivity index (χ0v) is 7.44. The van der Waals surface area contributed by atoms with E-state index in [1.54, 1.807) is 0 Å². The van der Waals surface area contributed by atoms with Crippen molar-refractivity contribution >= 4 is 11.8 Å². The zero-order valence-electron chi connectivity index (χ0n) is 6.62. The quantitative estimate of drug-likeness (QED) is 0.614. The molecule has 0 aromatic heterocycles. The molecule has 0 aromatic rings. The number of thioether (sulfide) groups is 1. The van der Waals surface area contributed by atoms with E-state index in [1.165, 1.54) is 18.6 Å². The summed E-state index contributed by atoms with van der Waals surface area (Å²) in [5, 5.41) is 9.79. The van der Waals surface area contributed by atoms with E-state index in [1.807, 2.05) is 11.8 Å². The molecule has 3 N–H and O–H groups in total. The minimum Gasteiger partial charge on any atom is -0.393 e. The van der Waals surface area contributed by atoms with Gasteiger partial charge in [-0.15, -0.1) is 0 Å². The van der Waals surface area contributed by atoms with Gasteiger partial charge in [0, 0.05) is 10.8 Å². The second-order valence-electron chi connectivity index (χ2n) is 3.80. The minimum absolute atomic E-state index is 0.0133. The first kappa shape index (κ1) is 7.90. The smallest absolute Gasteiger partial charge is 0.0576 e. The number of aliphatic hydroxyl groups is 1. The van der Waals surface area contributed by atoms with Crippen LogP contribution in [0.15, 0.2) is 0 Å². The maximum absolute atomic E-state index is 9.15. The van der Waals surface area contributed by atoms with Crippen LogP contribution in [0.25, 0.3) is 0 Å². The SMILES string of the molecule is NC1(C2CCCS2)CC(O)C1. The molecule has 3 heteroatoms. The third-order valence-electron chi connectivity index (χ3n) is 2.80. The van der Waals surface area contributed by atoms with Crippen molar-refractivity contribution in [3.63, 3.8) is 0 Å². The Balaban J connectivity index is 1.93. The molecule has 0 aromatic carbocycles. The van der Waals surface area contributed by atoms with Gasteiger partial charge in [-0.3, -0.25) is 0 Å². The van der Waals surface area contributed by atoms with E-state index in [4.69, 9.17) is 10.8 Å². The van der Waals surface area contributed by atoms with E-state index in [0.29, 0.717) is 5.25 Å². The fourth-order valence-electron chi connectivity index (χ4n) is 2.11. The molecular weight excluding hydrogens is 158 g/mol. The summed E-state index contributed by atoms with van der Waals surface area (Å²) in [6, 6.07) is 0. The molecule has 1 aliphatic carbocycles. The Bertz CT molecular complexity index is 150. The van der Waals surface area contributed by atoms with Crippen molar-refractivity contribution in [1.82, 2.24) is 0 Å². The van der Waals surface area contributed by atoms with E-state index < -0.39 is 0 Å². The first-order valence-corrected chi connectivity index (χ1v) is 5.34. The van der Waals surface area contributed by atoms with E-state index in [0.717, 1.165) is 12.8 Å². The van der Waals surface area contributed by atoms with Crippen molar-refractivity contribution < 1.29 is 5.11 Å². The maximum Gasteiger partial charge on any atom is 0.0576 e. The molecule has 0 spiro atoms. The highest BCUT2D eigenvalue weighted by Crippen LogP contribution is 2.43. The van der Waals surface area contributed by atoms with Crippen LogP contribution < -0.4 is 5.73 Å². The number of nitrogens with two attached hydrogens (primary N) is 1. The van der Waals surface area contributed by atoms with Crippen LogP contribution in [0.1, 0.15) is 25.7 Å². The first-order valence-electron chi connectivity index (χ1n) is 4.29. The number of hydrogen-bond acceptors (Lipinski definition) is 3. The Morgan fingerprint density at radius 1 is 1.45 bits per heavy atom. The highest BCUT2D eigenvalue weighted by atomic mass is 32.2. The van der Waals surface area contributed by atoms with Gasteiger partial charge in [0.2, 0.25) is 0 Å². The third-order valence-corrected chi connectivity index (χ3v) is 4.43. The van der Waals surface area contributed by atoms with Gasteiger partial charge < -0.3 is 10.8 Å². The lowest BCUT2D eigenvalue weighted by Crippen LogP contribution is -2.60. The molecule has 2 fully saturated rings. The molecule has 1 saturated heterocycles. The second kappa shape index (κ2) is 2.64. The van der Waals surface area contributed by atoms with E-state index >= 15 is 0 Å². The summed E-state index contributed by atoms with van der Waals surface area (Å²) in [6.45, 7) is 0. The van der Waals surface area contributed by atoms with Crippen LogP contribution in [0.4, 0.5) is 0 Å². The largest absolute Gasteiger partial charge is 0.393 e. The summed E-state index contributed by atoms with van der Waals surface area (Å²) in [6.07, 6.45) is 4.11. The Morgan fingerprint density at radius 2 is 2.18 bits per heavy atom. The summed E-state index contributed by atoms with van der Waals surface area (Å²) >= 11 is 1.99. The van der Waals surface area contributed by atoms with Crippen molar-refractivity contribution in [1.29, 1.82) is 0 Å². The fraction of sp³-hybridized carbons (Fsp3) is 1.00. The Hall–Kier alpha value is 0.270. The molecule has 0 amide bonds. The van der Waals surface area contributed by atoms with E-state index in [-0.39, 0.29) is 11.6 Å². The van der Waals surface area contributed by atoms with Crippen LogP contribution in [0.5, 0.6) is 0 Å². The van der Waals surface area contributed by atoms with Gasteiger partial charge >= 0.3 is 0 Å². The lowest BCUT2D eigenvalue weighted by atomic mass is 9.72. The lowest BCUT2D eigenvalue weighted by molar-refractivity contribution is 0.0217. The average molecular weight is 173 g/mol. The van der Waals surface area contributed by atoms with Gasteiger partial charge in [-0.1, -0.05) is 0 Å². The standard InChI is InChI=1S/C8H15NOS/c9-8(4-6(10)5-8)7-2-1-3-11-7/h6-7,10H,1-5,9H2. The van der Waals surface area contributed by atoms with Gasteiger partial charge in [0.25, 0.3) is 0 Å². The van der Waals surface area contributed by atoms with Crippen molar-refractivity contribution in [2.24, 2.45) is 5.73 Å². The van der Waals surface area contributed by atoms with Crippen molar-refractivity contribution in [3.8, 4) is 0 Å². The lowest BCUT2D eigenvalue weighted by Gasteiger charge is -2.46. The molecule has 1 heterocycles. The van der Waals surface area contributed by atoms with Gasteiger partial charge in [-0.05, 0) is 31.4 Å². The fourth-order valence-corrected chi connectivity index (χ4v) is 3.59. The summed E-state index contributed by atoms with van der Waals surface area (Å²) < 4.78 is 0.